The summed E-state index contributed by atoms with van der Waals surface area (Å²) in [6, 6.07) is 26.6. The van der Waals surface area contributed by atoms with Gasteiger partial charge in [-0.15, -0.1) is 0 Å². The molecule has 55 heavy (non-hydrogen) atoms. The second-order valence-electron chi connectivity index (χ2n) is 13.4. The third-order valence-corrected chi connectivity index (χ3v) is 10.1. The number of carbonyl (C=O) groups is 2. The number of aromatic nitrogens is 1. The Balaban J connectivity index is 1.19. The van der Waals surface area contributed by atoms with Crippen LogP contribution >= 0.6 is 11.6 Å². The minimum Gasteiger partial charge on any atom is -0.488 e. The zero-order valence-electron chi connectivity index (χ0n) is 30.2. The highest BCUT2D eigenvalue weighted by Gasteiger charge is 2.26. The van der Waals surface area contributed by atoms with E-state index < -0.39 is 18.6 Å². The molecule has 6 rings (SSSR count). The van der Waals surface area contributed by atoms with Crippen LogP contribution in [0.2, 0.25) is 5.02 Å². The first kappa shape index (κ1) is 39.0. The lowest BCUT2D eigenvalue weighted by Crippen LogP contribution is -2.39. The van der Waals surface area contributed by atoms with Crippen LogP contribution in [-0.2, 0) is 24.6 Å². The number of piperidine rings is 1. The van der Waals surface area contributed by atoms with Crippen LogP contribution in [-0.4, -0.2) is 69.6 Å². The molecule has 0 saturated carbocycles. The molecule has 4 N–H and O–H groups in total. The van der Waals surface area contributed by atoms with E-state index >= 15 is 0 Å². The van der Waals surface area contributed by atoms with Crippen LogP contribution in [0.15, 0.2) is 89.5 Å². The normalized spacial score (nSPS) is 13.6. The van der Waals surface area contributed by atoms with Gasteiger partial charge in [0.1, 0.15) is 30.8 Å². The number of aliphatic hydroxyl groups is 2. The minimum atomic E-state index is -1.20. The number of nitrogens with zero attached hydrogens (tertiary/aromatic N) is 3. The number of halogens is 1. The fraction of sp³-hybridized carbons (Fsp3) is 0.286. The fourth-order valence-electron chi connectivity index (χ4n) is 6.45. The number of carbonyl (C=O) groups excluding carboxylic acids is 1. The van der Waals surface area contributed by atoms with E-state index in [0.717, 1.165) is 46.2 Å². The SMILES string of the molecule is Cc1c(COc2cc(OCc3cccc(C#N)c3)c(CN[C@@H](CO)C(=O)O)cc2Cl)cccc1-c1cccc(-c2cc(C(=O)N3CCC(CO)CC3)no2)c1. The van der Waals surface area contributed by atoms with Crippen molar-refractivity contribution in [2.24, 2.45) is 5.92 Å². The Morgan fingerprint density at radius 1 is 0.964 bits per heavy atom. The molecule has 2 heterocycles. The molecule has 0 bridgehead atoms. The van der Waals surface area contributed by atoms with Crippen molar-refractivity contribution in [3.63, 3.8) is 0 Å². The Kier molecular flexibility index (Phi) is 12.8. The lowest BCUT2D eigenvalue weighted by atomic mass is 9.95. The molecule has 5 aromatic rings. The topological polar surface area (TPSA) is 178 Å². The number of ether oxygens (including phenoxy) is 2. The van der Waals surface area contributed by atoms with Crippen LogP contribution in [0.5, 0.6) is 11.5 Å². The largest absolute Gasteiger partial charge is 0.488 e. The maximum Gasteiger partial charge on any atom is 0.323 e. The third-order valence-electron chi connectivity index (χ3n) is 9.76. The van der Waals surface area contributed by atoms with Crippen molar-refractivity contribution in [1.82, 2.24) is 15.4 Å². The van der Waals surface area contributed by atoms with Crippen molar-refractivity contribution in [3.8, 4) is 40.0 Å². The van der Waals surface area contributed by atoms with Crippen LogP contribution in [0.1, 0.15) is 51.1 Å². The average Bonchev–Trinajstić information content (AvgIpc) is 3.71. The predicted molar refractivity (Wildman–Crippen MR) is 204 cm³/mol. The number of nitriles is 1. The number of rotatable bonds is 15. The molecule has 0 radical (unpaired) electrons. The van der Waals surface area contributed by atoms with Crippen LogP contribution in [0, 0.1) is 24.2 Å². The van der Waals surface area contributed by atoms with Crippen molar-refractivity contribution in [2.75, 3.05) is 26.3 Å². The number of aliphatic carboxylic acids is 1. The molecule has 1 aromatic heterocycles. The lowest BCUT2D eigenvalue weighted by Gasteiger charge is -2.30. The lowest BCUT2D eigenvalue weighted by molar-refractivity contribution is -0.140. The molecular weight excluding hydrogens is 724 g/mol. The molecule has 1 amide bonds. The Bertz CT molecular complexity index is 2190. The van der Waals surface area contributed by atoms with Crippen molar-refractivity contribution >= 4 is 23.5 Å². The Morgan fingerprint density at radius 2 is 1.71 bits per heavy atom. The molecule has 13 heteroatoms. The summed E-state index contributed by atoms with van der Waals surface area (Å²) < 4.78 is 18.1. The number of nitrogens with one attached hydrogen (secondary N) is 1. The highest BCUT2D eigenvalue weighted by molar-refractivity contribution is 6.32. The van der Waals surface area contributed by atoms with Gasteiger partial charge in [0.15, 0.2) is 11.5 Å². The van der Waals surface area contributed by atoms with E-state index in [1.54, 1.807) is 41.3 Å². The van der Waals surface area contributed by atoms with E-state index in [2.05, 4.69) is 16.5 Å². The number of amides is 1. The molecule has 1 saturated heterocycles. The van der Waals surface area contributed by atoms with Gasteiger partial charge < -0.3 is 34.2 Å². The molecule has 1 fully saturated rings. The summed E-state index contributed by atoms with van der Waals surface area (Å²) in [4.78, 5) is 26.4. The Morgan fingerprint density at radius 3 is 2.45 bits per heavy atom. The second-order valence-corrected chi connectivity index (χ2v) is 13.8. The van der Waals surface area contributed by atoms with Gasteiger partial charge in [-0.2, -0.15) is 5.26 Å². The number of aliphatic hydroxyl groups excluding tert-OH is 2. The number of hydrogen-bond donors (Lipinski definition) is 4. The van der Waals surface area contributed by atoms with Crippen LogP contribution in [0.25, 0.3) is 22.5 Å². The zero-order chi connectivity index (χ0) is 38.9. The third kappa shape index (κ3) is 9.51. The predicted octanol–water partition coefficient (Wildman–Crippen LogP) is 6.38. The smallest absolute Gasteiger partial charge is 0.323 e. The van der Waals surface area contributed by atoms with Crippen molar-refractivity contribution in [1.29, 1.82) is 5.26 Å². The highest BCUT2D eigenvalue weighted by atomic mass is 35.5. The number of carboxylic acids is 1. The van der Waals surface area contributed by atoms with Crippen LogP contribution < -0.4 is 14.8 Å². The van der Waals surface area contributed by atoms with Gasteiger partial charge in [0.2, 0.25) is 0 Å². The molecule has 0 spiro atoms. The molecule has 12 nitrogen and oxygen atoms in total. The molecule has 0 unspecified atom stereocenters. The first-order chi connectivity index (χ1) is 26.7. The van der Waals surface area contributed by atoms with Gasteiger partial charge in [-0.25, -0.2) is 0 Å². The maximum atomic E-state index is 13.1. The molecule has 1 aliphatic rings. The Labute approximate surface area is 323 Å². The van der Waals surface area contributed by atoms with Gasteiger partial charge in [0, 0.05) is 49.5 Å². The molecule has 1 atom stereocenters. The molecule has 4 aromatic carbocycles. The van der Waals surface area contributed by atoms with E-state index in [0.29, 0.717) is 41.5 Å². The van der Waals surface area contributed by atoms with Gasteiger partial charge in [0.25, 0.3) is 5.91 Å². The van der Waals surface area contributed by atoms with Gasteiger partial charge in [-0.1, -0.05) is 65.3 Å². The maximum absolute atomic E-state index is 13.1. The first-order valence-electron chi connectivity index (χ1n) is 17.9. The molecule has 0 aliphatic carbocycles. The summed E-state index contributed by atoms with van der Waals surface area (Å²) in [5.41, 5.74) is 6.61. The zero-order valence-corrected chi connectivity index (χ0v) is 31.0. The van der Waals surface area contributed by atoms with E-state index in [1.807, 2.05) is 55.5 Å². The quantitative estimate of drug-likeness (QED) is 0.0930. The second kappa shape index (κ2) is 18.1. The van der Waals surface area contributed by atoms with Crippen molar-refractivity contribution in [2.45, 2.75) is 45.6 Å². The first-order valence-corrected chi connectivity index (χ1v) is 18.3. The summed E-state index contributed by atoms with van der Waals surface area (Å²) in [5.74, 6) is 0.0606. The highest BCUT2D eigenvalue weighted by Crippen LogP contribution is 2.36. The van der Waals surface area contributed by atoms with E-state index in [-0.39, 0.29) is 48.9 Å². The minimum absolute atomic E-state index is 0.0429. The summed E-state index contributed by atoms with van der Waals surface area (Å²) >= 11 is 6.70. The molecular formula is C42H41ClN4O8. The molecule has 284 valence electrons. The standard InChI is InChI=1S/C42H41ClN4O8/c1-26-32(9-4-10-34(26)30-7-3-8-31(16-30)39-18-36(46-55-39)41(50)47-13-11-27(22-48)12-14-47)25-54-40-19-38(53-24-29-6-2-5-28(15-29)20-44)33(17-35(40)43)21-45-37(23-49)42(51)52/h2-10,15-19,27,37,45,48-49H,11-14,21-25H2,1H3,(H,51,52)/t37-/m0/s1. The molecule has 1 aliphatic heterocycles. The van der Waals surface area contributed by atoms with Gasteiger partial charge >= 0.3 is 5.97 Å². The van der Waals surface area contributed by atoms with Crippen molar-refractivity contribution < 1.29 is 38.9 Å². The number of hydrogen-bond acceptors (Lipinski definition) is 10. The van der Waals surface area contributed by atoms with E-state index in [9.17, 15) is 30.2 Å². The van der Waals surface area contributed by atoms with Gasteiger partial charge in [-0.3, -0.25) is 14.9 Å². The van der Waals surface area contributed by atoms with Crippen LogP contribution in [0.3, 0.4) is 0 Å². The monoisotopic (exact) mass is 764 g/mol. The van der Waals surface area contributed by atoms with Crippen molar-refractivity contribution in [3.05, 3.63) is 123 Å². The van der Waals surface area contributed by atoms with E-state index in [1.165, 1.54) is 0 Å². The summed E-state index contributed by atoms with van der Waals surface area (Å²) in [6.07, 6.45) is 1.52. The van der Waals surface area contributed by atoms with E-state index in [4.69, 9.17) is 25.6 Å². The number of likely N-dealkylation sites (tertiary alicyclic amines) is 1. The van der Waals surface area contributed by atoms with Gasteiger partial charge in [0.05, 0.1) is 23.3 Å². The summed E-state index contributed by atoms with van der Waals surface area (Å²) in [5, 5.41) is 44.8. The summed E-state index contributed by atoms with van der Waals surface area (Å²) in [7, 11) is 0. The number of benzene rings is 4. The average molecular weight is 765 g/mol. The fourth-order valence-corrected chi connectivity index (χ4v) is 6.70. The van der Waals surface area contributed by atoms with Gasteiger partial charge in [-0.05, 0) is 77.8 Å². The number of carboxylic acid groups (broad SMARTS) is 1. The summed E-state index contributed by atoms with van der Waals surface area (Å²) in [6.45, 7) is 3.03. The van der Waals surface area contributed by atoms with Crippen LogP contribution in [0.4, 0.5) is 0 Å². The Hall–Kier alpha value is -5.71.